The molecule has 6 heteroatoms. The van der Waals surface area contributed by atoms with E-state index in [0.717, 1.165) is 22.0 Å². The summed E-state index contributed by atoms with van der Waals surface area (Å²) in [6.07, 6.45) is 0. The van der Waals surface area contributed by atoms with Crippen LogP contribution in [-0.2, 0) is 0 Å². The molecule has 3 aromatic rings. The molecule has 134 valence electrons. The third-order valence-corrected chi connectivity index (χ3v) is 4.18. The maximum Gasteiger partial charge on any atom is 0.261 e. The fraction of sp³-hybridized carbons (Fsp3) is 0.200. The van der Waals surface area contributed by atoms with Crippen LogP contribution in [0.3, 0.4) is 0 Å². The van der Waals surface area contributed by atoms with Crippen molar-refractivity contribution in [3.63, 3.8) is 0 Å². The van der Waals surface area contributed by atoms with Crippen molar-refractivity contribution in [1.29, 1.82) is 0 Å². The molecule has 1 heterocycles. The summed E-state index contributed by atoms with van der Waals surface area (Å²) in [5.41, 5.74) is 2.90. The molecule has 26 heavy (non-hydrogen) atoms. The van der Waals surface area contributed by atoms with Gasteiger partial charge in [0, 0.05) is 11.8 Å². The van der Waals surface area contributed by atoms with Crippen LogP contribution in [0.25, 0.3) is 10.9 Å². The molecule has 2 aromatic carbocycles. The summed E-state index contributed by atoms with van der Waals surface area (Å²) in [5.74, 6) is 0.559. The molecule has 0 fully saturated rings. The van der Waals surface area contributed by atoms with Gasteiger partial charge in [-0.2, -0.15) is 0 Å². The Labute approximate surface area is 150 Å². The second-order valence-corrected chi connectivity index (χ2v) is 6.08. The number of hydrogen-bond acceptors (Lipinski definition) is 4. The predicted molar refractivity (Wildman–Crippen MR) is 102 cm³/mol. The predicted octanol–water partition coefficient (Wildman–Crippen LogP) is 3.41. The van der Waals surface area contributed by atoms with Crippen molar-refractivity contribution < 1.29 is 14.3 Å². The minimum atomic E-state index is -0.487. The highest BCUT2D eigenvalue weighted by molar-refractivity contribution is 6.06. The molecule has 6 nitrogen and oxygen atoms in total. The number of anilines is 1. The number of ether oxygens (including phenoxy) is 2. The Bertz CT molecular complexity index is 1050. The molecule has 3 rings (SSSR count). The van der Waals surface area contributed by atoms with Crippen molar-refractivity contribution in [2.24, 2.45) is 0 Å². The van der Waals surface area contributed by atoms with Crippen LogP contribution in [0.5, 0.6) is 11.5 Å². The second kappa shape index (κ2) is 6.92. The molecule has 0 saturated heterocycles. The molecule has 0 unspecified atom stereocenters. The van der Waals surface area contributed by atoms with Gasteiger partial charge in [-0.1, -0.05) is 11.6 Å². The number of aryl methyl sites for hydroxylation is 2. The molecular formula is C20H20N2O4. The fourth-order valence-electron chi connectivity index (χ4n) is 2.97. The van der Waals surface area contributed by atoms with Crippen molar-refractivity contribution in [1.82, 2.24) is 4.98 Å². The first kappa shape index (κ1) is 17.5. The highest BCUT2D eigenvalue weighted by Crippen LogP contribution is 2.30. The van der Waals surface area contributed by atoms with Crippen molar-refractivity contribution in [3.05, 3.63) is 63.4 Å². The Morgan fingerprint density at radius 3 is 2.42 bits per heavy atom. The zero-order valence-electron chi connectivity index (χ0n) is 15.1. The summed E-state index contributed by atoms with van der Waals surface area (Å²) >= 11 is 0. The highest BCUT2D eigenvalue weighted by atomic mass is 16.5. The van der Waals surface area contributed by atoms with Gasteiger partial charge in [-0.25, -0.2) is 0 Å². The summed E-state index contributed by atoms with van der Waals surface area (Å²) in [4.78, 5) is 27.8. The van der Waals surface area contributed by atoms with Crippen LogP contribution in [0, 0.1) is 13.8 Å². The SMILES string of the molecule is COc1ccc(NC(=O)c2cc3cc(C)cc(C)c3[nH]c2=O)cc1OC. The van der Waals surface area contributed by atoms with Gasteiger partial charge < -0.3 is 19.8 Å². The zero-order chi connectivity index (χ0) is 18.8. The average Bonchev–Trinajstić information content (AvgIpc) is 2.61. The van der Waals surface area contributed by atoms with Gasteiger partial charge in [0.15, 0.2) is 11.5 Å². The van der Waals surface area contributed by atoms with Crippen molar-refractivity contribution in [2.75, 3.05) is 19.5 Å². The van der Waals surface area contributed by atoms with Crippen LogP contribution in [0.2, 0.25) is 0 Å². The number of pyridine rings is 1. The third-order valence-electron chi connectivity index (χ3n) is 4.18. The lowest BCUT2D eigenvalue weighted by molar-refractivity contribution is 0.102. The lowest BCUT2D eigenvalue weighted by Gasteiger charge is -2.11. The monoisotopic (exact) mass is 352 g/mol. The summed E-state index contributed by atoms with van der Waals surface area (Å²) in [5, 5.41) is 3.54. The van der Waals surface area contributed by atoms with Crippen LogP contribution >= 0.6 is 0 Å². The van der Waals surface area contributed by atoms with E-state index >= 15 is 0 Å². The fourth-order valence-corrected chi connectivity index (χ4v) is 2.97. The number of H-pyrrole nitrogens is 1. The van der Waals surface area contributed by atoms with Gasteiger partial charge in [0.25, 0.3) is 11.5 Å². The topological polar surface area (TPSA) is 80.4 Å². The van der Waals surface area contributed by atoms with Gasteiger partial charge >= 0.3 is 0 Å². The smallest absolute Gasteiger partial charge is 0.261 e. The highest BCUT2D eigenvalue weighted by Gasteiger charge is 2.14. The minimum Gasteiger partial charge on any atom is -0.493 e. The lowest BCUT2D eigenvalue weighted by atomic mass is 10.1. The Kier molecular flexibility index (Phi) is 4.67. The van der Waals surface area contributed by atoms with E-state index in [2.05, 4.69) is 10.3 Å². The number of rotatable bonds is 4. The molecule has 0 radical (unpaired) electrons. The number of carbonyl (C=O) groups is 1. The van der Waals surface area contributed by atoms with Gasteiger partial charge in [-0.3, -0.25) is 9.59 Å². The lowest BCUT2D eigenvalue weighted by Crippen LogP contribution is -2.23. The number of aromatic amines is 1. The quantitative estimate of drug-likeness (QED) is 0.754. The molecule has 0 aliphatic rings. The largest absolute Gasteiger partial charge is 0.493 e. The molecule has 0 saturated carbocycles. The normalized spacial score (nSPS) is 10.6. The van der Waals surface area contributed by atoms with Crippen molar-refractivity contribution >= 4 is 22.5 Å². The molecule has 1 amide bonds. The number of benzene rings is 2. The van der Waals surface area contributed by atoms with E-state index in [-0.39, 0.29) is 5.56 Å². The molecular weight excluding hydrogens is 332 g/mol. The van der Waals surface area contributed by atoms with Crippen LogP contribution < -0.4 is 20.3 Å². The van der Waals surface area contributed by atoms with E-state index in [1.165, 1.54) is 14.2 Å². The van der Waals surface area contributed by atoms with Gasteiger partial charge in [0.1, 0.15) is 5.56 Å². The first-order valence-electron chi connectivity index (χ1n) is 8.10. The molecule has 2 N–H and O–H groups in total. The van der Waals surface area contributed by atoms with E-state index in [9.17, 15) is 9.59 Å². The number of aromatic nitrogens is 1. The van der Waals surface area contributed by atoms with E-state index in [4.69, 9.17) is 9.47 Å². The molecule has 0 aliphatic carbocycles. The zero-order valence-corrected chi connectivity index (χ0v) is 15.1. The Balaban J connectivity index is 1.98. The third kappa shape index (κ3) is 3.26. The molecule has 0 aliphatic heterocycles. The van der Waals surface area contributed by atoms with Crippen molar-refractivity contribution in [3.8, 4) is 11.5 Å². The summed E-state index contributed by atoms with van der Waals surface area (Å²) in [6, 6.07) is 10.5. The number of nitrogens with one attached hydrogen (secondary N) is 2. The van der Waals surface area contributed by atoms with E-state index in [1.807, 2.05) is 26.0 Å². The summed E-state index contributed by atoms with van der Waals surface area (Å²) in [7, 11) is 3.05. The van der Waals surface area contributed by atoms with E-state index in [0.29, 0.717) is 17.2 Å². The average molecular weight is 352 g/mol. The van der Waals surface area contributed by atoms with Gasteiger partial charge in [0.05, 0.1) is 19.7 Å². The minimum absolute atomic E-state index is 0.0530. The summed E-state index contributed by atoms with van der Waals surface area (Å²) in [6.45, 7) is 3.90. The Hall–Kier alpha value is -3.28. The van der Waals surface area contributed by atoms with Crippen LogP contribution in [0.15, 0.2) is 41.2 Å². The molecule has 0 spiro atoms. The standard InChI is InChI=1S/C20H20N2O4/c1-11-7-12(2)18-13(8-11)9-15(20(24)22-18)19(23)21-14-5-6-16(25-3)17(10-14)26-4/h5-10H,1-4H3,(H,21,23)(H,22,24). The Morgan fingerprint density at radius 1 is 1.00 bits per heavy atom. The van der Waals surface area contributed by atoms with E-state index < -0.39 is 11.5 Å². The summed E-state index contributed by atoms with van der Waals surface area (Å²) < 4.78 is 10.4. The number of hydrogen-bond donors (Lipinski definition) is 2. The van der Waals surface area contributed by atoms with E-state index in [1.54, 1.807) is 24.3 Å². The number of methoxy groups -OCH3 is 2. The van der Waals surface area contributed by atoms with Crippen LogP contribution in [0.1, 0.15) is 21.5 Å². The molecule has 0 bridgehead atoms. The van der Waals surface area contributed by atoms with Gasteiger partial charge in [0.2, 0.25) is 0 Å². The van der Waals surface area contributed by atoms with Crippen LogP contribution in [-0.4, -0.2) is 25.1 Å². The van der Waals surface area contributed by atoms with Gasteiger partial charge in [-0.15, -0.1) is 0 Å². The first-order valence-corrected chi connectivity index (χ1v) is 8.10. The van der Waals surface area contributed by atoms with Crippen molar-refractivity contribution in [2.45, 2.75) is 13.8 Å². The maximum absolute atomic E-state index is 12.6. The second-order valence-electron chi connectivity index (χ2n) is 6.08. The van der Waals surface area contributed by atoms with Gasteiger partial charge in [-0.05, 0) is 49.1 Å². The number of fused-ring (bicyclic) bond motifs is 1. The first-order chi connectivity index (χ1) is 12.4. The maximum atomic E-state index is 12.6. The van der Waals surface area contributed by atoms with Crippen LogP contribution in [0.4, 0.5) is 5.69 Å². The molecule has 0 atom stereocenters. The number of carbonyl (C=O) groups excluding carboxylic acids is 1. The molecule has 1 aromatic heterocycles. The number of amides is 1. The Morgan fingerprint density at radius 2 is 1.73 bits per heavy atom.